The van der Waals surface area contributed by atoms with E-state index in [0.29, 0.717) is 25.7 Å². The van der Waals surface area contributed by atoms with Gasteiger partial charge in [-0.05, 0) is 38.0 Å². The Hall–Kier alpha value is -3.71. The van der Waals surface area contributed by atoms with Crippen molar-refractivity contribution in [1.82, 2.24) is 25.3 Å². The lowest BCUT2D eigenvalue weighted by Crippen LogP contribution is -2.62. The molecule has 14 nitrogen and oxygen atoms in total. The molecular weight excluding hydrogens is 586 g/mol. The van der Waals surface area contributed by atoms with Gasteiger partial charge < -0.3 is 35.2 Å². The number of hydrogen-bond donors (Lipinski definition) is 3. The Bertz CT molecular complexity index is 1130. The average Bonchev–Trinajstić information content (AvgIpc) is 3.00. The molecule has 5 amide bonds. The van der Waals surface area contributed by atoms with Crippen LogP contribution in [0.15, 0.2) is 0 Å². The summed E-state index contributed by atoms with van der Waals surface area (Å²) in [5.41, 5.74) is 0. The molecule has 2 heterocycles. The van der Waals surface area contributed by atoms with Gasteiger partial charge >= 0.3 is 11.9 Å². The molecule has 0 aliphatic carbocycles. The number of nitrogens with zero attached hydrogens (tertiary/aromatic N) is 3. The summed E-state index contributed by atoms with van der Waals surface area (Å²) in [5, 5.41) is 15.0. The number of carbonyl (C=O) groups excluding carboxylic acids is 6. The second kappa shape index (κ2) is 16.6. The second-order valence-corrected chi connectivity index (χ2v) is 12.7. The van der Waals surface area contributed by atoms with E-state index < -0.39 is 77.7 Å². The van der Waals surface area contributed by atoms with Crippen LogP contribution in [0.2, 0.25) is 0 Å². The van der Waals surface area contributed by atoms with Gasteiger partial charge in [0.15, 0.2) is 6.10 Å². The molecule has 254 valence electrons. The number of fused-ring (bicyclic) bond motifs is 1. The number of aliphatic carboxylic acids is 1. The molecule has 0 saturated carbocycles. The number of nitrogens with one attached hydrogen (secondary N) is 2. The molecule has 0 bridgehead atoms. The molecule has 45 heavy (non-hydrogen) atoms. The molecule has 7 unspecified atom stereocenters. The van der Waals surface area contributed by atoms with Crippen LogP contribution in [0.5, 0.6) is 0 Å². The van der Waals surface area contributed by atoms with Crippen molar-refractivity contribution in [3.8, 4) is 0 Å². The molecule has 2 rings (SSSR count). The molecule has 7 atom stereocenters. The van der Waals surface area contributed by atoms with Gasteiger partial charge in [-0.1, -0.05) is 41.0 Å². The van der Waals surface area contributed by atoms with Crippen LogP contribution in [0, 0.1) is 17.8 Å². The molecule has 2 saturated heterocycles. The molecular formula is C31H51N5O9. The fraction of sp³-hybridized carbons (Fsp3) is 0.774. The SMILES string of the molecule is CCC(C)C1NC(=O)C2CCCCN2C(=O)C(CC(C)C(=O)O)OC(=O)CCNC(=O)C(C)N(C)C(=O)C(C(C)C)N(C)C1=O. The number of likely N-dealkylation sites (N-methyl/N-ethyl adjacent to an activating group) is 2. The number of carboxylic acids is 1. The van der Waals surface area contributed by atoms with Crippen LogP contribution in [0.25, 0.3) is 0 Å². The van der Waals surface area contributed by atoms with Gasteiger partial charge in [-0.2, -0.15) is 0 Å². The summed E-state index contributed by atoms with van der Waals surface area (Å²) in [6.45, 7) is 10.2. The highest BCUT2D eigenvalue weighted by Crippen LogP contribution is 2.24. The van der Waals surface area contributed by atoms with E-state index in [-0.39, 0.29) is 37.8 Å². The van der Waals surface area contributed by atoms with Crippen LogP contribution >= 0.6 is 0 Å². The average molecular weight is 638 g/mol. The summed E-state index contributed by atoms with van der Waals surface area (Å²) < 4.78 is 5.48. The molecule has 3 N–H and O–H groups in total. The van der Waals surface area contributed by atoms with Gasteiger partial charge in [0.2, 0.25) is 23.6 Å². The predicted molar refractivity (Wildman–Crippen MR) is 163 cm³/mol. The van der Waals surface area contributed by atoms with E-state index in [4.69, 9.17) is 4.74 Å². The highest BCUT2D eigenvalue weighted by molar-refractivity contribution is 5.96. The van der Waals surface area contributed by atoms with Gasteiger partial charge in [0.05, 0.1) is 12.3 Å². The largest absolute Gasteiger partial charge is 0.481 e. The Labute approximate surface area is 265 Å². The predicted octanol–water partition coefficient (Wildman–Crippen LogP) is 0.771. The van der Waals surface area contributed by atoms with Gasteiger partial charge in [-0.3, -0.25) is 33.6 Å². The van der Waals surface area contributed by atoms with Crippen LogP contribution in [-0.4, -0.2) is 119 Å². The van der Waals surface area contributed by atoms with E-state index in [1.54, 1.807) is 13.8 Å². The third-order valence-corrected chi connectivity index (χ3v) is 8.99. The Morgan fingerprint density at radius 3 is 2.18 bits per heavy atom. The van der Waals surface area contributed by atoms with Crippen molar-refractivity contribution < 1.29 is 43.4 Å². The monoisotopic (exact) mass is 637 g/mol. The van der Waals surface area contributed by atoms with Gasteiger partial charge in [-0.15, -0.1) is 0 Å². The zero-order valence-corrected chi connectivity index (χ0v) is 27.8. The van der Waals surface area contributed by atoms with Gasteiger partial charge in [0.25, 0.3) is 5.91 Å². The van der Waals surface area contributed by atoms with Crippen LogP contribution < -0.4 is 10.6 Å². The van der Waals surface area contributed by atoms with Crippen molar-refractivity contribution >= 4 is 41.5 Å². The number of rotatable bonds is 6. The van der Waals surface area contributed by atoms with E-state index in [9.17, 15) is 38.7 Å². The fourth-order valence-corrected chi connectivity index (χ4v) is 5.69. The van der Waals surface area contributed by atoms with Crippen molar-refractivity contribution in [2.75, 3.05) is 27.2 Å². The minimum atomic E-state index is -1.47. The zero-order valence-electron chi connectivity index (χ0n) is 27.8. The Balaban J connectivity index is 2.59. The first kappa shape index (κ1) is 37.5. The van der Waals surface area contributed by atoms with E-state index in [1.807, 2.05) is 13.8 Å². The molecule has 14 heteroatoms. The van der Waals surface area contributed by atoms with E-state index in [2.05, 4.69) is 10.6 Å². The second-order valence-electron chi connectivity index (χ2n) is 12.7. The van der Waals surface area contributed by atoms with Gasteiger partial charge in [-0.25, -0.2) is 0 Å². The molecule has 0 radical (unpaired) electrons. The summed E-state index contributed by atoms with van der Waals surface area (Å²) in [6, 6.07) is -3.89. The normalized spacial score (nSPS) is 28.3. The first-order valence-corrected chi connectivity index (χ1v) is 15.9. The van der Waals surface area contributed by atoms with Crippen molar-refractivity contribution in [1.29, 1.82) is 0 Å². The molecule has 2 aliphatic heterocycles. The van der Waals surface area contributed by atoms with E-state index >= 15 is 0 Å². The number of hydrogen-bond acceptors (Lipinski definition) is 8. The van der Waals surface area contributed by atoms with Crippen LogP contribution in [0.3, 0.4) is 0 Å². The quantitative estimate of drug-likeness (QED) is 0.354. The molecule has 2 aliphatic rings. The number of cyclic esters (lactones) is 1. The molecule has 2 fully saturated rings. The van der Waals surface area contributed by atoms with Crippen molar-refractivity contribution in [2.45, 2.75) is 110 Å². The number of piperidine rings is 1. The number of amides is 5. The lowest BCUT2D eigenvalue weighted by atomic mass is 9.93. The van der Waals surface area contributed by atoms with Crippen LogP contribution in [0.1, 0.15) is 80.1 Å². The maximum Gasteiger partial charge on any atom is 0.308 e. The lowest BCUT2D eigenvalue weighted by Gasteiger charge is -2.39. The minimum Gasteiger partial charge on any atom is -0.481 e. The van der Waals surface area contributed by atoms with Crippen molar-refractivity contribution in [3.63, 3.8) is 0 Å². The molecule has 0 aromatic carbocycles. The van der Waals surface area contributed by atoms with Crippen LogP contribution in [0.4, 0.5) is 0 Å². The van der Waals surface area contributed by atoms with Gasteiger partial charge in [0, 0.05) is 33.6 Å². The zero-order chi connectivity index (χ0) is 34.2. The summed E-state index contributed by atoms with van der Waals surface area (Å²) in [4.78, 5) is 96.6. The Morgan fingerprint density at radius 1 is 0.956 bits per heavy atom. The first-order chi connectivity index (χ1) is 21.0. The van der Waals surface area contributed by atoms with Crippen molar-refractivity contribution in [3.05, 3.63) is 0 Å². The maximum absolute atomic E-state index is 14.0. The fourth-order valence-electron chi connectivity index (χ4n) is 5.69. The Morgan fingerprint density at radius 2 is 1.60 bits per heavy atom. The van der Waals surface area contributed by atoms with Gasteiger partial charge in [0.1, 0.15) is 24.2 Å². The standard InChI is InChI=1S/C31H51N5O9/c1-9-18(4)24-29(41)35(8)25(17(2)3)30(42)34(7)20(6)26(38)32-14-13-23(37)45-22(16-19(5)31(43)44)28(40)36-15-11-10-12-21(36)27(39)33-24/h17-22,24-25H,9-16H2,1-8H3,(H,32,38)(H,33,39)(H,43,44). The van der Waals surface area contributed by atoms with E-state index in [1.165, 1.54) is 42.6 Å². The number of carboxylic acid groups (broad SMARTS) is 1. The minimum absolute atomic E-state index is 0.156. The topological polar surface area (TPSA) is 183 Å². The van der Waals surface area contributed by atoms with E-state index in [0.717, 1.165) is 0 Å². The molecule has 0 aromatic heterocycles. The lowest BCUT2D eigenvalue weighted by molar-refractivity contribution is -0.165. The summed E-state index contributed by atoms with van der Waals surface area (Å²) in [6.07, 6.45) is -0.0522. The molecule has 0 aromatic rings. The highest BCUT2D eigenvalue weighted by atomic mass is 16.5. The maximum atomic E-state index is 14.0. The summed E-state index contributed by atoms with van der Waals surface area (Å²) in [7, 11) is 2.96. The first-order valence-electron chi connectivity index (χ1n) is 15.9. The third-order valence-electron chi connectivity index (χ3n) is 8.99. The third kappa shape index (κ3) is 9.40. The molecule has 0 spiro atoms. The highest BCUT2D eigenvalue weighted by Gasteiger charge is 2.42. The Kier molecular flexibility index (Phi) is 13.8. The summed E-state index contributed by atoms with van der Waals surface area (Å²) in [5.74, 6) is -6.45. The summed E-state index contributed by atoms with van der Waals surface area (Å²) >= 11 is 0. The smallest absolute Gasteiger partial charge is 0.308 e. The number of carbonyl (C=O) groups is 7. The number of ether oxygens (including phenoxy) is 1. The van der Waals surface area contributed by atoms with Crippen LogP contribution in [-0.2, 0) is 38.3 Å². The number of esters is 1. The van der Waals surface area contributed by atoms with Crippen molar-refractivity contribution in [2.24, 2.45) is 17.8 Å².